The van der Waals surface area contributed by atoms with E-state index in [2.05, 4.69) is 5.32 Å². The van der Waals surface area contributed by atoms with Gasteiger partial charge in [-0.2, -0.15) is 0 Å². The molecule has 6 heteroatoms. The van der Waals surface area contributed by atoms with Gasteiger partial charge in [-0.05, 0) is 49.1 Å². The van der Waals surface area contributed by atoms with Gasteiger partial charge in [0.25, 0.3) is 5.91 Å². The van der Waals surface area contributed by atoms with Crippen LogP contribution in [0.15, 0.2) is 54.6 Å². The summed E-state index contributed by atoms with van der Waals surface area (Å²) >= 11 is 0. The Morgan fingerprint density at radius 2 is 1.67 bits per heavy atom. The lowest BCUT2D eigenvalue weighted by Gasteiger charge is -2.34. The number of ether oxygens (including phenoxy) is 1. The Bertz CT molecular complexity index is 974. The molecule has 3 aliphatic rings. The molecule has 2 bridgehead atoms. The van der Waals surface area contributed by atoms with Gasteiger partial charge >= 0.3 is 6.03 Å². The number of amides is 3. The van der Waals surface area contributed by atoms with E-state index in [1.165, 1.54) is 32.1 Å². The number of nitrogens with zero attached hydrogens (tertiary/aromatic N) is 2. The fraction of sp³-hybridized carbons (Fsp3) is 0.481. The summed E-state index contributed by atoms with van der Waals surface area (Å²) in [4.78, 5) is 29.7. The Kier molecular flexibility index (Phi) is 6.51. The fourth-order valence-electron chi connectivity index (χ4n) is 5.59. The summed E-state index contributed by atoms with van der Waals surface area (Å²) in [7, 11) is 0. The highest BCUT2D eigenvalue weighted by Crippen LogP contribution is 2.33. The first kappa shape index (κ1) is 21.8. The van der Waals surface area contributed by atoms with Crippen LogP contribution >= 0.6 is 0 Å². The largest absolute Gasteiger partial charge is 0.494 e. The zero-order valence-corrected chi connectivity index (χ0v) is 19.1. The number of anilines is 1. The van der Waals surface area contributed by atoms with E-state index < -0.39 is 0 Å². The average Bonchev–Trinajstić information content (AvgIpc) is 3.47. The molecule has 0 radical (unpaired) electrons. The van der Waals surface area contributed by atoms with E-state index in [1.807, 2.05) is 64.4 Å². The van der Waals surface area contributed by atoms with Crippen molar-refractivity contribution in [1.29, 1.82) is 0 Å². The fourth-order valence-corrected chi connectivity index (χ4v) is 5.59. The topological polar surface area (TPSA) is 61.9 Å². The van der Waals surface area contributed by atoms with E-state index in [4.69, 9.17) is 4.74 Å². The number of rotatable bonds is 6. The number of carbonyl (C=O) groups is 2. The molecule has 1 aliphatic carbocycles. The highest BCUT2D eigenvalue weighted by Gasteiger charge is 2.47. The molecule has 6 nitrogen and oxygen atoms in total. The van der Waals surface area contributed by atoms with Gasteiger partial charge in [0.05, 0.1) is 18.7 Å². The van der Waals surface area contributed by atoms with Crippen molar-refractivity contribution in [3.8, 4) is 5.75 Å². The molecule has 1 N–H and O–H groups in total. The molecule has 2 aliphatic heterocycles. The maximum absolute atomic E-state index is 13.2. The molecule has 174 valence electrons. The van der Waals surface area contributed by atoms with Crippen molar-refractivity contribution in [2.75, 3.05) is 25.0 Å². The van der Waals surface area contributed by atoms with Gasteiger partial charge in [0.15, 0.2) is 0 Å². The van der Waals surface area contributed by atoms with Gasteiger partial charge in [-0.3, -0.25) is 4.79 Å². The predicted molar refractivity (Wildman–Crippen MR) is 129 cm³/mol. The average molecular weight is 448 g/mol. The highest BCUT2D eigenvalue weighted by molar-refractivity contribution is 5.96. The number of benzene rings is 2. The summed E-state index contributed by atoms with van der Waals surface area (Å²) in [6.45, 7) is 1.87. The van der Waals surface area contributed by atoms with Gasteiger partial charge in [-0.1, -0.05) is 56.4 Å². The number of urea groups is 1. The van der Waals surface area contributed by atoms with Crippen LogP contribution in [0, 0.1) is 5.92 Å². The molecular formula is C27H33N3O3. The Labute approximate surface area is 195 Å². The molecule has 2 aromatic rings. The SMILES string of the molecule is O=C(Nc1ccccc1)N1C[C@@H]2C[C@H]1CN2C(=O)c1cccc(OCCC2CCCCC2)c1. The lowest BCUT2D eigenvalue weighted by atomic mass is 9.87. The monoisotopic (exact) mass is 447 g/mol. The second-order valence-corrected chi connectivity index (χ2v) is 9.62. The third-order valence-corrected chi connectivity index (χ3v) is 7.39. The number of likely N-dealkylation sites (tertiary alicyclic amines) is 2. The lowest BCUT2D eigenvalue weighted by Crippen LogP contribution is -2.51. The lowest BCUT2D eigenvalue weighted by molar-refractivity contribution is 0.0657. The van der Waals surface area contributed by atoms with Gasteiger partial charge in [-0.15, -0.1) is 0 Å². The minimum atomic E-state index is -0.0887. The van der Waals surface area contributed by atoms with Crippen molar-refractivity contribution < 1.29 is 14.3 Å². The summed E-state index contributed by atoms with van der Waals surface area (Å²) in [6, 6.07) is 17.1. The van der Waals surface area contributed by atoms with Crippen LogP contribution in [0.1, 0.15) is 55.3 Å². The zero-order valence-electron chi connectivity index (χ0n) is 19.1. The van der Waals surface area contributed by atoms with Crippen molar-refractivity contribution >= 4 is 17.6 Å². The molecule has 5 rings (SSSR count). The smallest absolute Gasteiger partial charge is 0.322 e. The highest BCUT2D eigenvalue weighted by atomic mass is 16.5. The van der Waals surface area contributed by atoms with Gasteiger partial charge in [0, 0.05) is 24.3 Å². The van der Waals surface area contributed by atoms with Crippen molar-refractivity contribution in [3.63, 3.8) is 0 Å². The number of para-hydroxylation sites is 1. The predicted octanol–water partition coefficient (Wildman–Crippen LogP) is 5.17. The third-order valence-electron chi connectivity index (χ3n) is 7.39. The summed E-state index contributed by atoms with van der Waals surface area (Å²) < 4.78 is 6.00. The molecular weight excluding hydrogens is 414 g/mol. The summed E-state index contributed by atoms with van der Waals surface area (Å²) in [5, 5.41) is 2.96. The van der Waals surface area contributed by atoms with Crippen molar-refractivity contribution in [2.24, 2.45) is 5.92 Å². The number of hydrogen-bond acceptors (Lipinski definition) is 3. The molecule has 2 atom stereocenters. The normalized spacial score (nSPS) is 22.4. The van der Waals surface area contributed by atoms with Crippen LogP contribution < -0.4 is 10.1 Å². The molecule has 3 fully saturated rings. The first-order valence-electron chi connectivity index (χ1n) is 12.3. The van der Waals surface area contributed by atoms with Crippen molar-refractivity contribution in [2.45, 2.75) is 57.0 Å². The van der Waals surface area contributed by atoms with Crippen molar-refractivity contribution in [3.05, 3.63) is 60.2 Å². The van der Waals surface area contributed by atoms with E-state index in [0.717, 1.165) is 30.2 Å². The third kappa shape index (κ3) is 5.00. The van der Waals surface area contributed by atoms with E-state index in [-0.39, 0.29) is 24.0 Å². The van der Waals surface area contributed by atoms with Gasteiger partial charge in [0.1, 0.15) is 5.75 Å². The summed E-state index contributed by atoms with van der Waals surface area (Å²) in [5.41, 5.74) is 1.46. The van der Waals surface area contributed by atoms with Crippen LogP contribution in [0.25, 0.3) is 0 Å². The molecule has 3 amide bonds. The standard InChI is InChI=1S/C27H33N3O3/c31-26(21-10-7-13-25(16-21)33-15-14-20-8-3-1-4-9-20)29-18-24-17-23(29)19-30(24)27(32)28-22-11-5-2-6-12-22/h2,5-7,10-13,16,20,23-24H,1,3-4,8-9,14-15,17-19H2,(H,28,32)/t23-,24-/m0/s1. The second-order valence-electron chi connectivity index (χ2n) is 9.62. The number of nitrogens with one attached hydrogen (secondary N) is 1. The van der Waals surface area contributed by atoms with E-state index in [0.29, 0.717) is 25.3 Å². The second kappa shape index (κ2) is 9.86. The molecule has 0 aromatic heterocycles. The first-order chi connectivity index (χ1) is 16.2. The molecule has 2 aromatic carbocycles. The Hall–Kier alpha value is -3.02. The van der Waals surface area contributed by atoms with Gasteiger partial charge < -0.3 is 19.9 Å². The summed E-state index contributed by atoms with van der Waals surface area (Å²) in [6.07, 6.45) is 8.63. The first-order valence-corrected chi connectivity index (χ1v) is 12.3. The van der Waals surface area contributed by atoms with Gasteiger partial charge in [0.2, 0.25) is 0 Å². The maximum Gasteiger partial charge on any atom is 0.322 e. The van der Waals surface area contributed by atoms with Crippen LogP contribution in [0.5, 0.6) is 5.75 Å². The zero-order chi connectivity index (χ0) is 22.6. The molecule has 1 saturated carbocycles. The Morgan fingerprint density at radius 3 is 2.42 bits per heavy atom. The van der Waals surface area contributed by atoms with Crippen LogP contribution in [-0.2, 0) is 0 Å². The molecule has 2 saturated heterocycles. The minimum absolute atomic E-state index is 0.0309. The Balaban J connectivity index is 1.14. The minimum Gasteiger partial charge on any atom is -0.494 e. The number of fused-ring (bicyclic) bond motifs is 2. The van der Waals surface area contributed by atoms with Crippen LogP contribution in [-0.4, -0.2) is 53.5 Å². The van der Waals surface area contributed by atoms with Gasteiger partial charge in [-0.25, -0.2) is 4.79 Å². The molecule has 0 unspecified atom stereocenters. The Morgan fingerprint density at radius 1 is 0.909 bits per heavy atom. The van der Waals surface area contributed by atoms with E-state index in [1.54, 1.807) is 0 Å². The number of piperazine rings is 1. The maximum atomic E-state index is 13.2. The van der Waals surface area contributed by atoms with Crippen LogP contribution in [0.2, 0.25) is 0 Å². The summed E-state index contributed by atoms with van der Waals surface area (Å²) in [5.74, 6) is 1.58. The number of carbonyl (C=O) groups excluding carboxylic acids is 2. The quantitative estimate of drug-likeness (QED) is 0.665. The molecule has 0 spiro atoms. The van der Waals surface area contributed by atoms with Crippen molar-refractivity contribution in [1.82, 2.24) is 9.80 Å². The van der Waals surface area contributed by atoms with Crippen LogP contribution in [0.3, 0.4) is 0 Å². The molecule has 33 heavy (non-hydrogen) atoms. The number of hydrogen-bond donors (Lipinski definition) is 1. The van der Waals surface area contributed by atoms with E-state index in [9.17, 15) is 9.59 Å². The molecule has 2 heterocycles. The van der Waals surface area contributed by atoms with Crippen LogP contribution in [0.4, 0.5) is 10.5 Å². The van der Waals surface area contributed by atoms with E-state index >= 15 is 0 Å².